The summed E-state index contributed by atoms with van der Waals surface area (Å²) in [7, 11) is 0. The van der Waals surface area contributed by atoms with Gasteiger partial charge in [-0.1, -0.05) is 11.6 Å². The summed E-state index contributed by atoms with van der Waals surface area (Å²) in [6.45, 7) is 4.51. The van der Waals surface area contributed by atoms with Crippen LogP contribution in [0.25, 0.3) is 11.3 Å². The van der Waals surface area contributed by atoms with Crippen molar-refractivity contribution >= 4 is 17.5 Å². The maximum atomic E-state index is 12.0. The second kappa shape index (κ2) is 5.90. The number of nitrogens with two attached hydrogens (primary N) is 1. The first-order valence-electron chi connectivity index (χ1n) is 8.34. The molecule has 126 valence electrons. The Morgan fingerprint density at radius 3 is 2.71 bits per heavy atom. The van der Waals surface area contributed by atoms with Gasteiger partial charge in [0.05, 0.1) is 0 Å². The lowest BCUT2D eigenvalue weighted by Crippen LogP contribution is -2.52. The van der Waals surface area contributed by atoms with Crippen LogP contribution in [0.3, 0.4) is 0 Å². The van der Waals surface area contributed by atoms with Crippen molar-refractivity contribution in [3.05, 3.63) is 40.9 Å². The molecule has 0 radical (unpaired) electrons. The molecule has 3 saturated heterocycles. The van der Waals surface area contributed by atoms with E-state index in [-0.39, 0.29) is 11.7 Å². The van der Waals surface area contributed by atoms with Crippen LogP contribution < -0.4 is 5.73 Å². The third-order valence-corrected chi connectivity index (χ3v) is 5.76. The molecule has 5 heterocycles. The number of pyridine rings is 1. The van der Waals surface area contributed by atoms with E-state index in [9.17, 15) is 4.79 Å². The Morgan fingerprint density at radius 2 is 2.12 bits per heavy atom. The summed E-state index contributed by atoms with van der Waals surface area (Å²) in [5.74, 6) is 1.25. The van der Waals surface area contributed by atoms with Crippen molar-refractivity contribution in [2.75, 3.05) is 13.1 Å². The zero-order valence-corrected chi connectivity index (χ0v) is 14.3. The minimum Gasteiger partial charge on any atom is -0.451 e. The Labute approximate surface area is 145 Å². The van der Waals surface area contributed by atoms with Crippen LogP contribution in [-0.2, 0) is 0 Å². The van der Waals surface area contributed by atoms with E-state index < -0.39 is 5.91 Å². The van der Waals surface area contributed by atoms with Crippen LogP contribution in [0, 0.1) is 5.92 Å². The van der Waals surface area contributed by atoms with Gasteiger partial charge in [0.25, 0.3) is 5.91 Å². The molecule has 0 saturated carbocycles. The van der Waals surface area contributed by atoms with Gasteiger partial charge < -0.3 is 15.1 Å². The quantitative estimate of drug-likeness (QED) is 0.866. The third kappa shape index (κ3) is 2.52. The molecule has 0 spiro atoms. The fraction of sp³-hybridized carbons (Fsp3) is 0.444. The number of amides is 1. The summed E-state index contributed by atoms with van der Waals surface area (Å²) in [4.78, 5) is 18.5. The highest BCUT2D eigenvalue weighted by molar-refractivity contribution is 6.29. The summed E-state index contributed by atoms with van der Waals surface area (Å²) >= 11 is 5.85. The molecule has 3 fully saturated rings. The monoisotopic (exact) mass is 345 g/mol. The summed E-state index contributed by atoms with van der Waals surface area (Å²) < 4.78 is 5.84. The summed E-state index contributed by atoms with van der Waals surface area (Å²) in [5.41, 5.74) is 7.33. The Kier molecular flexibility index (Phi) is 3.85. The number of rotatable bonds is 3. The van der Waals surface area contributed by atoms with E-state index in [0.29, 0.717) is 22.9 Å². The van der Waals surface area contributed by atoms with Crippen molar-refractivity contribution in [2.24, 2.45) is 11.7 Å². The van der Waals surface area contributed by atoms with E-state index in [4.69, 9.17) is 21.8 Å². The van der Waals surface area contributed by atoms with Gasteiger partial charge in [-0.2, -0.15) is 0 Å². The third-order valence-electron chi connectivity index (χ3n) is 5.53. The van der Waals surface area contributed by atoms with Crippen LogP contribution in [0.1, 0.15) is 41.8 Å². The van der Waals surface area contributed by atoms with Gasteiger partial charge in [-0.05, 0) is 57.0 Å². The fourth-order valence-electron chi connectivity index (χ4n) is 4.33. The maximum Gasteiger partial charge on any atom is 0.284 e. The van der Waals surface area contributed by atoms with Crippen molar-refractivity contribution in [1.82, 2.24) is 9.88 Å². The molecule has 0 aliphatic carbocycles. The van der Waals surface area contributed by atoms with E-state index in [1.54, 1.807) is 12.3 Å². The van der Waals surface area contributed by atoms with Gasteiger partial charge in [-0.3, -0.25) is 4.79 Å². The number of halogens is 1. The average Bonchev–Trinajstić information content (AvgIpc) is 3.02. The van der Waals surface area contributed by atoms with Crippen molar-refractivity contribution in [1.29, 1.82) is 0 Å². The number of hydrogen-bond donors (Lipinski definition) is 1. The minimum absolute atomic E-state index is 0.283. The molecule has 2 aromatic heterocycles. The number of carbonyl (C=O) groups excluding carboxylic acids is 1. The zero-order chi connectivity index (χ0) is 16.8. The summed E-state index contributed by atoms with van der Waals surface area (Å²) in [5, 5.41) is 0.423. The molecule has 2 N–H and O–H groups in total. The number of piperidine rings is 3. The minimum atomic E-state index is -0.512. The highest BCUT2D eigenvalue weighted by Crippen LogP contribution is 2.45. The fourth-order valence-corrected chi connectivity index (χ4v) is 4.44. The van der Waals surface area contributed by atoms with E-state index >= 15 is 0 Å². The molecule has 24 heavy (non-hydrogen) atoms. The van der Waals surface area contributed by atoms with Crippen molar-refractivity contribution < 1.29 is 9.21 Å². The first-order valence-corrected chi connectivity index (χ1v) is 8.72. The zero-order valence-electron chi connectivity index (χ0n) is 13.5. The maximum absolute atomic E-state index is 12.0. The molecule has 6 heteroatoms. The number of hydrogen-bond acceptors (Lipinski definition) is 4. The molecule has 2 atom stereocenters. The van der Waals surface area contributed by atoms with Gasteiger partial charge in [0.15, 0.2) is 5.76 Å². The summed E-state index contributed by atoms with van der Waals surface area (Å²) in [6, 6.07) is 5.90. The Hall–Kier alpha value is -1.85. The van der Waals surface area contributed by atoms with Crippen LogP contribution in [0.2, 0.25) is 5.15 Å². The van der Waals surface area contributed by atoms with E-state index in [0.717, 1.165) is 37.1 Å². The molecule has 3 aliphatic rings. The molecule has 2 aromatic rings. The van der Waals surface area contributed by atoms with Gasteiger partial charge in [0.1, 0.15) is 10.9 Å². The summed E-state index contributed by atoms with van der Waals surface area (Å²) in [6.07, 6.45) is 3.97. The van der Waals surface area contributed by atoms with Crippen molar-refractivity contribution in [3.63, 3.8) is 0 Å². The number of furan rings is 1. The number of carbonyl (C=O) groups is 1. The molecule has 0 unspecified atom stereocenters. The number of aromatic nitrogens is 1. The molecule has 5 rings (SSSR count). The highest BCUT2D eigenvalue weighted by atomic mass is 35.5. The Balaban J connectivity index is 1.77. The smallest absolute Gasteiger partial charge is 0.284 e. The predicted octanol–water partition coefficient (Wildman–Crippen LogP) is 3.29. The van der Waals surface area contributed by atoms with E-state index in [1.165, 1.54) is 0 Å². The van der Waals surface area contributed by atoms with Crippen LogP contribution in [0.15, 0.2) is 28.8 Å². The molecule has 5 nitrogen and oxygen atoms in total. The van der Waals surface area contributed by atoms with Crippen molar-refractivity contribution in [3.8, 4) is 11.3 Å². The second-order valence-corrected chi connectivity index (χ2v) is 7.16. The number of nitrogens with zero attached hydrogens (tertiary/aromatic N) is 2. The number of fused-ring (bicyclic) bond motifs is 3. The van der Waals surface area contributed by atoms with Gasteiger partial charge in [0.2, 0.25) is 0 Å². The first kappa shape index (κ1) is 15.7. The number of primary amides is 1. The molecule has 1 amide bonds. The second-order valence-electron chi connectivity index (χ2n) is 6.77. The lowest BCUT2D eigenvalue weighted by molar-refractivity contribution is 0.0343. The first-order chi connectivity index (χ1) is 11.5. The van der Waals surface area contributed by atoms with Crippen LogP contribution in [0.4, 0.5) is 0 Å². The van der Waals surface area contributed by atoms with Crippen LogP contribution in [0.5, 0.6) is 0 Å². The molecular formula is C18H20ClN3O2. The predicted molar refractivity (Wildman–Crippen MR) is 92.0 cm³/mol. The molecular weight excluding hydrogens is 326 g/mol. The van der Waals surface area contributed by atoms with Crippen LogP contribution >= 0.6 is 11.6 Å². The normalized spacial score (nSPS) is 28.9. The lowest BCUT2D eigenvalue weighted by Gasteiger charge is -2.49. The van der Waals surface area contributed by atoms with E-state index in [2.05, 4.69) is 16.8 Å². The Bertz CT molecular complexity index is 761. The molecule has 2 bridgehead atoms. The topological polar surface area (TPSA) is 72.4 Å². The molecule has 3 aliphatic heterocycles. The Morgan fingerprint density at radius 1 is 1.38 bits per heavy atom. The standard InChI is InChI=1S/C18H20ClN3O2/c1-10-16(11-4-6-22(10)7-5-11)13-8-14(24-17(13)18(20)23)12-2-3-15(19)21-9-12/h2-3,8-11,16H,4-7H2,1H3,(H2,20,23)/t10-,16+/m0/s1. The van der Waals surface area contributed by atoms with E-state index in [1.807, 2.05) is 12.1 Å². The average molecular weight is 346 g/mol. The van der Waals surface area contributed by atoms with Crippen LogP contribution in [-0.4, -0.2) is 34.9 Å². The van der Waals surface area contributed by atoms with Gasteiger partial charge in [0, 0.05) is 29.3 Å². The largest absolute Gasteiger partial charge is 0.451 e. The van der Waals surface area contributed by atoms with Gasteiger partial charge in [-0.25, -0.2) is 4.98 Å². The SMILES string of the molecule is C[C@H]1[C@@H](c2cc(-c3ccc(Cl)nc3)oc2C(N)=O)C2CCN1CC2. The molecule has 0 aromatic carbocycles. The van der Waals surface area contributed by atoms with Crippen molar-refractivity contribution in [2.45, 2.75) is 31.7 Å². The van der Waals surface area contributed by atoms with Gasteiger partial charge >= 0.3 is 0 Å². The van der Waals surface area contributed by atoms with Gasteiger partial charge in [-0.15, -0.1) is 0 Å². The highest BCUT2D eigenvalue weighted by Gasteiger charge is 2.42. The lowest BCUT2D eigenvalue weighted by atomic mass is 9.71.